The van der Waals surface area contributed by atoms with Gasteiger partial charge in [0, 0.05) is 0 Å². The van der Waals surface area contributed by atoms with Crippen molar-refractivity contribution < 1.29 is 0 Å². The summed E-state index contributed by atoms with van der Waals surface area (Å²) >= 11 is 4.84. The molecule has 0 saturated heterocycles. The van der Waals surface area contributed by atoms with Gasteiger partial charge >= 0.3 is 0 Å². The van der Waals surface area contributed by atoms with E-state index < -0.39 is 0 Å². The van der Waals surface area contributed by atoms with Gasteiger partial charge in [0.25, 0.3) is 0 Å². The second-order valence-electron chi connectivity index (χ2n) is 2.03. The summed E-state index contributed by atoms with van der Waals surface area (Å²) in [6, 6.07) is 0. The molecule has 0 aliphatic rings. The number of hydrogen-bond donors (Lipinski definition) is 1. The molecular formula is C6H4BrN3S. The SMILES string of the molecule is Nc1cnc2scnc2c1Br. The fourth-order valence-electron chi connectivity index (χ4n) is 0.804. The van der Waals surface area contributed by atoms with Gasteiger partial charge in [0.1, 0.15) is 10.3 Å². The maximum Gasteiger partial charge on any atom is 0.144 e. The number of hydrogen-bond acceptors (Lipinski definition) is 4. The second kappa shape index (κ2) is 2.42. The highest BCUT2D eigenvalue weighted by Gasteiger charge is 2.04. The smallest absolute Gasteiger partial charge is 0.144 e. The summed E-state index contributed by atoms with van der Waals surface area (Å²) in [6.07, 6.45) is 1.63. The van der Waals surface area contributed by atoms with Crippen molar-refractivity contribution in [2.24, 2.45) is 0 Å². The number of nitrogen functional groups attached to an aromatic ring is 1. The summed E-state index contributed by atoms with van der Waals surface area (Å²) in [5.41, 5.74) is 8.82. The molecule has 11 heavy (non-hydrogen) atoms. The molecule has 0 unspecified atom stereocenters. The number of thiazole rings is 1. The zero-order valence-corrected chi connectivity index (χ0v) is 7.82. The number of halogens is 1. The Kier molecular flexibility index (Phi) is 1.54. The summed E-state index contributed by atoms with van der Waals surface area (Å²) in [4.78, 5) is 9.12. The number of nitrogens with two attached hydrogens (primary N) is 1. The minimum Gasteiger partial charge on any atom is -0.396 e. The predicted molar refractivity (Wildman–Crippen MR) is 49.5 cm³/mol. The second-order valence-corrected chi connectivity index (χ2v) is 3.66. The van der Waals surface area contributed by atoms with E-state index in [2.05, 4.69) is 25.9 Å². The topological polar surface area (TPSA) is 51.8 Å². The van der Waals surface area contributed by atoms with E-state index >= 15 is 0 Å². The third kappa shape index (κ3) is 1.00. The van der Waals surface area contributed by atoms with Crippen LogP contribution in [0.2, 0.25) is 0 Å². The highest BCUT2D eigenvalue weighted by atomic mass is 79.9. The Morgan fingerprint density at radius 2 is 2.27 bits per heavy atom. The van der Waals surface area contributed by atoms with Gasteiger partial charge in [-0.25, -0.2) is 9.97 Å². The van der Waals surface area contributed by atoms with E-state index in [1.807, 2.05) is 0 Å². The molecule has 5 heteroatoms. The van der Waals surface area contributed by atoms with Gasteiger partial charge in [0.05, 0.1) is 21.9 Å². The van der Waals surface area contributed by atoms with Crippen LogP contribution >= 0.6 is 27.3 Å². The molecule has 2 aromatic heterocycles. The third-order valence-corrected chi connectivity index (χ3v) is 2.90. The van der Waals surface area contributed by atoms with E-state index in [9.17, 15) is 0 Å². The van der Waals surface area contributed by atoms with Crippen molar-refractivity contribution in [3.8, 4) is 0 Å². The van der Waals surface area contributed by atoms with Crippen molar-refractivity contribution in [1.82, 2.24) is 9.97 Å². The fourth-order valence-corrected chi connectivity index (χ4v) is 1.97. The lowest BCUT2D eigenvalue weighted by Gasteiger charge is -1.95. The molecule has 0 aromatic carbocycles. The summed E-state index contributed by atoms with van der Waals surface area (Å²) in [5.74, 6) is 0. The molecule has 56 valence electrons. The Bertz CT molecular complexity index is 398. The standard InChI is InChI=1S/C6H4BrN3S/c7-4-3(8)1-9-6-5(4)10-2-11-6/h1-2H,8H2. The summed E-state index contributed by atoms with van der Waals surface area (Å²) < 4.78 is 0.837. The van der Waals surface area contributed by atoms with Crippen LogP contribution in [-0.4, -0.2) is 9.97 Å². The molecule has 3 nitrogen and oxygen atoms in total. The van der Waals surface area contributed by atoms with Crippen LogP contribution in [0.15, 0.2) is 16.2 Å². The number of nitrogens with zero attached hydrogens (tertiary/aromatic N) is 2. The molecule has 2 aromatic rings. The first-order valence-electron chi connectivity index (χ1n) is 2.92. The largest absolute Gasteiger partial charge is 0.396 e. The van der Waals surface area contributed by atoms with E-state index in [1.165, 1.54) is 11.3 Å². The van der Waals surface area contributed by atoms with E-state index in [-0.39, 0.29) is 0 Å². The number of anilines is 1. The average molecular weight is 230 g/mol. The molecule has 2 heterocycles. The molecule has 0 spiro atoms. The molecule has 0 fully saturated rings. The molecule has 0 saturated carbocycles. The lowest BCUT2D eigenvalue weighted by atomic mass is 10.4. The third-order valence-electron chi connectivity index (χ3n) is 1.33. The summed E-state index contributed by atoms with van der Waals surface area (Å²) in [7, 11) is 0. The molecular weight excluding hydrogens is 226 g/mol. The van der Waals surface area contributed by atoms with Gasteiger partial charge in [0.2, 0.25) is 0 Å². The van der Waals surface area contributed by atoms with Crippen LogP contribution in [0.5, 0.6) is 0 Å². The molecule has 0 amide bonds. The first-order chi connectivity index (χ1) is 5.29. The molecule has 2 rings (SSSR count). The Balaban J connectivity index is 2.93. The van der Waals surface area contributed by atoms with Gasteiger partial charge in [-0.3, -0.25) is 0 Å². The number of pyridine rings is 1. The van der Waals surface area contributed by atoms with Crippen LogP contribution in [0.25, 0.3) is 10.3 Å². The van der Waals surface area contributed by atoms with Gasteiger partial charge in [-0.05, 0) is 15.9 Å². The number of rotatable bonds is 0. The predicted octanol–water partition coefficient (Wildman–Crippen LogP) is 2.04. The van der Waals surface area contributed by atoms with Crippen LogP contribution < -0.4 is 5.73 Å². The maximum absolute atomic E-state index is 5.60. The number of aromatic nitrogens is 2. The maximum atomic E-state index is 5.60. The van der Waals surface area contributed by atoms with Gasteiger partial charge in [-0.1, -0.05) is 0 Å². The lowest BCUT2D eigenvalue weighted by Crippen LogP contribution is -1.88. The molecule has 2 N–H and O–H groups in total. The highest BCUT2D eigenvalue weighted by Crippen LogP contribution is 2.28. The van der Waals surface area contributed by atoms with Crippen molar-refractivity contribution in [2.75, 3.05) is 5.73 Å². The van der Waals surface area contributed by atoms with Crippen LogP contribution in [0.3, 0.4) is 0 Å². The Morgan fingerprint density at radius 1 is 1.45 bits per heavy atom. The Morgan fingerprint density at radius 3 is 3.09 bits per heavy atom. The molecule has 0 aliphatic heterocycles. The minimum atomic E-state index is 0.628. The molecule has 0 radical (unpaired) electrons. The average Bonchev–Trinajstić information content (AvgIpc) is 2.45. The molecule has 0 aliphatic carbocycles. The molecule has 0 bridgehead atoms. The van der Waals surface area contributed by atoms with Crippen molar-refractivity contribution in [1.29, 1.82) is 0 Å². The Labute approximate surface area is 75.4 Å². The molecule has 0 atom stereocenters. The van der Waals surface area contributed by atoms with E-state index in [0.29, 0.717) is 5.69 Å². The Hall–Kier alpha value is -0.680. The van der Waals surface area contributed by atoms with E-state index in [4.69, 9.17) is 5.73 Å². The van der Waals surface area contributed by atoms with Crippen molar-refractivity contribution in [3.63, 3.8) is 0 Å². The summed E-state index contributed by atoms with van der Waals surface area (Å²) in [5, 5.41) is 0. The normalized spacial score (nSPS) is 10.6. The quantitative estimate of drug-likeness (QED) is 0.753. The zero-order chi connectivity index (χ0) is 7.84. The first-order valence-corrected chi connectivity index (χ1v) is 4.59. The lowest BCUT2D eigenvalue weighted by molar-refractivity contribution is 1.39. The van der Waals surface area contributed by atoms with Gasteiger partial charge in [-0.2, -0.15) is 0 Å². The van der Waals surface area contributed by atoms with Crippen LogP contribution in [-0.2, 0) is 0 Å². The minimum absolute atomic E-state index is 0.628. The van der Waals surface area contributed by atoms with E-state index in [1.54, 1.807) is 11.7 Å². The van der Waals surface area contributed by atoms with E-state index in [0.717, 1.165) is 14.8 Å². The van der Waals surface area contributed by atoms with Crippen LogP contribution in [0.4, 0.5) is 5.69 Å². The van der Waals surface area contributed by atoms with Crippen molar-refractivity contribution in [3.05, 3.63) is 16.2 Å². The van der Waals surface area contributed by atoms with Gasteiger partial charge in [-0.15, -0.1) is 11.3 Å². The van der Waals surface area contributed by atoms with Crippen molar-refractivity contribution >= 4 is 43.3 Å². The monoisotopic (exact) mass is 229 g/mol. The van der Waals surface area contributed by atoms with Crippen LogP contribution in [0.1, 0.15) is 0 Å². The van der Waals surface area contributed by atoms with Crippen molar-refractivity contribution in [2.45, 2.75) is 0 Å². The summed E-state index contributed by atoms with van der Waals surface area (Å²) in [6.45, 7) is 0. The number of fused-ring (bicyclic) bond motifs is 1. The highest BCUT2D eigenvalue weighted by molar-refractivity contribution is 9.10. The fraction of sp³-hybridized carbons (Fsp3) is 0. The van der Waals surface area contributed by atoms with Crippen LogP contribution in [0, 0.1) is 0 Å². The first kappa shape index (κ1) is 7.00. The van der Waals surface area contributed by atoms with Gasteiger partial charge < -0.3 is 5.73 Å². The zero-order valence-electron chi connectivity index (χ0n) is 5.41. The van der Waals surface area contributed by atoms with Gasteiger partial charge in [0.15, 0.2) is 0 Å².